The maximum absolute atomic E-state index is 12.4. The summed E-state index contributed by atoms with van der Waals surface area (Å²) in [6, 6.07) is 4.87. The molecule has 0 fully saturated rings. The maximum Gasteiger partial charge on any atom is 0.308 e. The van der Waals surface area contributed by atoms with Gasteiger partial charge in [0.2, 0.25) is 0 Å². The Morgan fingerprint density at radius 2 is 2.14 bits per heavy atom. The molecule has 2 rings (SSSR count). The summed E-state index contributed by atoms with van der Waals surface area (Å²) in [5, 5.41) is 10.6. The van der Waals surface area contributed by atoms with Crippen LogP contribution in [0.3, 0.4) is 0 Å². The predicted molar refractivity (Wildman–Crippen MR) is 86.3 cm³/mol. The van der Waals surface area contributed by atoms with Crippen molar-refractivity contribution in [2.24, 2.45) is 0 Å². The van der Waals surface area contributed by atoms with Crippen molar-refractivity contribution in [3.63, 3.8) is 0 Å². The molecule has 0 unspecified atom stereocenters. The molecule has 2 aromatic rings. The molecule has 0 saturated heterocycles. The van der Waals surface area contributed by atoms with E-state index in [1.807, 2.05) is 11.4 Å². The molecule has 0 bridgehead atoms. The van der Waals surface area contributed by atoms with E-state index in [1.165, 1.54) is 28.8 Å². The number of thiophene rings is 2. The molecule has 0 spiro atoms. The van der Waals surface area contributed by atoms with Crippen LogP contribution in [0.25, 0.3) is 0 Å². The van der Waals surface area contributed by atoms with Crippen LogP contribution in [-0.2, 0) is 27.8 Å². The van der Waals surface area contributed by atoms with Crippen molar-refractivity contribution >= 4 is 54.6 Å². The molecular formula is C12H12BrNO4S3. The molecule has 0 aliphatic carbocycles. The van der Waals surface area contributed by atoms with E-state index >= 15 is 0 Å². The molecule has 0 radical (unpaired) electrons. The van der Waals surface area contributed by atoms with Crippen LogP contribution >= 0.6 is 38.6 Å². The SMILES string of the molecule is CN(Cc1csc(Br)c1)S(=O)(=O)c1ccc(CC(=O)O)s1. The fourth-order valence-electron chi connectivity index (χ4n) is 1.67. The summed E-state index contributed by atoms with van der Waals surface area (Å²) in [6.45, 7) is 0.274. The first-order chi connectivity index (χ1) is 9.79. The number of carbonyl (C=O) groups is 1. The summed E-state index contributed by atoms with van der Waals surface area (Å²) in [5.74, 6) is -0.975. The Morgan fingerprint density at radius 3 is 2.71 bits per heavy atom. The lowest BCUT2D eigenvalue weighted by atomic mass is 10.3. The number of rotatable bonds is 6. The fraction of sp³-hybridized carbons (Fsp3) is 0.250. The van der Waals surface area contributed by atoms with E-state index in [0.717, 1.165) is 20.7 Å². The van der Waals surface area contributed by atoms with Crippen LogP contribution in [0.4, 0.5) is 0 Å². The highest BCUT2D eigenvalue weighted by Gasteiger charge is 2.23. The van der Waals surface area contributed by atoms with Crippen molar-refractivity contribution in [2.45, 2.75) is 17.2 Å². The van der Waals surface area contributed by atoms with Gasteiger partial charge in [-0.15, -0.1) is 22.7 Å². The second kappa shape index (κ2) is 6.57. The molecular weight excluding hydrogens is 398 g/mol. The Kier molecular flexibility index (Phi) is 5.20. The third kappa shape index (κ3) is 4.13. The van der Waals surface area contributed by atoms with Gasteiger partial charge in [0.25, 0.3) is 10.0 Å². The van der Waals surface area contributed by atoms with Gasteiger partial charge < -0.3 is 5.11 Å². The Balaban J connectivity index is 2.16. The van der Waals surface area contributed by atoms with Gasteiger partial charge in [0.1, 0.15) is 4.21 Å². The van der Waals surface area contributed by atoms with Crippen molar-refractivity contribution in [2.75, 3.05) is 7.05 Å². The Hall–Kier alpha value is -0.740. The Labute approximate surface area is 139 Å². The lowest BCUT2D eigenvalue weighted by molar-refractivity contribution is -0.136. The van der Waals surface area contributed by atoms with Crippen LogP contribution in [0, 0.1) is 0 Å². The number of sulfonamides is 1. The number of hydrogen-bond donors (Lipinski definition) is 1. The predicted octanol–water partition coefficient (Wildman–Crippen LogP) is 3.02. The van der Waals surface area contributed by atoms with Gasteiger partial charge in [-0.25, -0.2) is 8.42 Å². The molecule has 2 heterocycles. The summed E-state index contributed by atoms with van der Waals surface area (Å²) >= 11 is 5.83. The second-order valence-corrected chi connectivity index (χ2v) is 10.0. The summed E-state index contributed by atoms with van der Waals surface area (Å²) in [4.78, 5) is 11.2. The Morgan fingerprint density at radius 1 is 1.43 bits per heavy atom. The molecule has 2 aromatic heterocycles. The monoisotopic (exact) mass is 409 g/mol. The molecule has 114 valence electrons. The van der Waals surface area contributed by atoms with Gasteiger partial charge in [-0.05, 0) is 45.1 Å². The minimum Gasteiger partial charge on any atom is -0.481 e. The number of carboxylic acid groups (broad SMARTS) is 1. The van der Waals surface area contributed by atoms with E-state index in [9.17, 15) is 13.2 Å². The van der Waals surface area contributed by atoms with Gasteiger partial charge in [-0.3, -0.25) is 4.79 Å². The minimum atomic E-state index is -3.59. The largest absolute Gasteiger partial charge is 0.481 e. The van der Waals surface area contributed by atoms with Gasteiger partial charge in [0, 0.05) is 18.5 Å². The topological polar surface area (TPSA) is 74.7 Å². The number of hydrogen-bond acceptors (Lipinski definition) is 5. The van der Waals surface area contributed by atoms with Crippen LogP contribution < -0.4 is 0 Å². The molecule has 0 atom stereocenters. The number of aliphatic carboxylic acids is 1. The zero-order valence-electron chi connectivity index (χ0n) is 10.9. The van der Waals surface area contributed by atoms with Gasteiger partial charge in [0.05, 0.1) is 10.2 Å². The van der Waals surface area contributed by atoms with E-state index in [2.05, 4.69) is 15.9 Å². The van der Waals surface area contributed by atoms with Crippen molar-refractivity contribution in [3.8, 4) is 0 Å². The van der Waals surface area contributed by atoms with Crippen molar-refractivity contribution in [1.29, 1.82) is 0 Å². The van der Waals surface area contributed by atoms with Crippen LogP contribution in [0.2, 0.25) is 0 Å². The summed E-state index contributed by atoms with van der Waals surface area (Å²) in [7, 11) is -2.08. The average Bonchev–Trinajstić information content (AvgIpc) is 2.98. The van der Waals surface area contributed by atoms with Crippen LogP contribution in [0.5, 0.6) is 0 Å². The Bertz CT molecular complexity index is 750. The summed E-state index contributed by atoms with van der Waals surface area (Å²) in [5.41, 5.74) is 0.903. The third-order valence-corrected chi connectivity index (χ3v) is 7.56. The normalized spacial score (nSPS) is 12.0. The lowest BCUT2D eigenvalue weighted by Crippen LogP contribution is -2.25. The van der Waals surface area contributed by atoms with E-state index in [-0.39, 0.29) is 17.2 Å². The van der Waals surface area contributed by atoms with E-state index < -0.39 is 16.0 Å². The minimum absolute atomic E-state index is 0.163. The van der Waals surface area contributed by atoms with E-state index in [0.29, 0.717) is 4.88 Å². The molecule has 5 nitrogen and oxygen atoms in total. The van der Waals surface area contributed by atoms with E-state index in [1.54, 1.807) is 6.07 Å². The molecule has 0 aliphatic rings. The molecule has 21 heavy (non-hydrogen) atoms. The summed E-state index contributed by atoms with van der Waals surface area (Å²) in [6.07, 6.45) is -0.165. The number of halogens is 1. The highest BCUT2D eigenvalue weighted by atomic mass is 79.9. The second-order valence-electron chi connectivity index (χ2n) is 4.31. The van der Waals surface area contributed by atoms with Crippen molar-refractivity contribution < 1.29 is 18.3 Å². The zero-order chi connectivity index (χ0) is 15.6. The molecule has 1 N–H and O–H groups in total. The molecule has 0 aromatic carbocycles. The van der Waals surface area contributed by atoms with Crippen LogP contribution in [0.15, 0.2) is 31.6 Å². The van der Waals surface area contributed by atoms with E-state index in [4.69, 9.17) is 5.11 Å². The van der Waals surface area contributed by atoms with Crippen LogP contribution in [0.1, 0.15) is 10.4 Å². The first-order valence-electron chi connectivity index (χ1n) is 5.79. The van der Waals surface area contributed by atoms with Gasteiger partial charge in [-0.1, -0.05) is 0 Å². The van der Waals surface area contributed by atoms with Gasteiger partial charge in [-0.2, -0.15) is 4.31 Å². The zero-order valence-corrected chi connectivity index (χ0v) is 15.0. The molecule has 0 amide bonds. The lowest BCUT2D eigenvalue weighted by Gasteiger charge is -2.15. The van der Waals surface area contributed by atoms with Gasteiger partial charge >= 0.3 is 5.97 Å². The molecule has 9 heteroatoms. The first kappa shape index (κ1) is 16.6. The quantitative estimate of drug-likeness (QED) is 0.795. The average molecular weight is 410 g/mol. The fourth-order valence-corrected chi connectivity index (χ4v) is 5.58. The number of nitrogens with zero attached hydrogens (tertiary/aromatic N) is 1. The summed E-state index contributed by atoms with van der Waals surface area (Å²) < 4.78 is 27.2. The number of carboxylic acids is 1. The van der Waals surface area contributed by atoms with Crippen LogP contribution in [-0.4, -0.2) is 30.8 Å². The van der Waals surface area contributed by atoms with Crippen molar-refractivity contribution in [3.05, 3.63) is 37.8 Å². The third-order valence-electron chi connectivity index (χ3n) is 2.65. The van der Waals surface area contributed by atoms with Gasteiger partial charge in [0.15, 0.2) is 0 Å². The molecule has 0 aliphatic heterocycles. The molecule has 0 saturated carbocycles. The first-order valence-corrected chi connectivity index (χ1v) is 9.71. The smallest absolute Gasteiger partial charge is 0.308 e. The van der Waals surface area contributed by atoms with Crippen molar-refractivity contribution in [1.82, 2.24) is 4.31 Å². The highest BCUT2D eigenvalue weighted by molar-refractivity contribution is 9.11. The highest BCUT2D eigenvalue weighted by Crippen LogP contribution is 2.27. The maximum atomic E-state index is 12.4. The standard InChI is InChI=1S/C12H12BrNO4S3/c1-14(6-8-4-10(13)19-7-8)21(17,18)12-3-2-9(20-12)5-11(15)16/h2-4,7H,5-6H2,1H3,(H,15,16).